The third-order valence-electron chi connectivity index (χ3n) is 5.39. The smallest absolute Gasteiger partial charge is 0.319 e. The molecule has 1 aliphatic heterocycles. The van der Waals surface area contributed by atoms with Crippen LogP contribution < -0.4 is 20.1 Å². The summed E-state index contributed by atoms with van der Waals surface area (Å²) < 4.78 is 10.5. The number of carbonyl (C=O) groups is 1. The first-order chi connectivity index (χ1) is 14.1. The number of amides is 2. The maximum absolute atomic E-state index is 12.2. The van der Waals surface area contributed by atoms with Crippen molar-refractivity contribution < 1.29 is 14.3 Å². The minimum absolute atomic E-state index is 0.195. The quantitative estimate of drug-likeness (QED) is 0.740. The number of carbonyl (C=O) groups excluding carboxylic acids is 1. The van der Waals surface area contributed by atoms with Gasteiger partial charge in [-0.3, -0.25) is 4.90 Å². The lowest BCUT2D eigenvalue weighted by Gasteiger charge is -2.32. The normalized spacial score (nSPS) is 15.0. The fourth-order valence-corrected chi connectivity index (χ4v) is 3.74. The summed E-state index contributed by atoms with van der Waals surface area (Å²) in [5, 5.41) is 5.86. The number of aryl methyl sites for hydroxylation is 1. The van der Waals surface area contributed by atoms with E-state index in [9.17, 15) is 4.79 Å². The summed E-state index contributed by atoms with van der Waals surface area (Å²) in [5.74, 6) is 1.74. The first-order valence-electron chi connectivity index (χ1n) is 10.1. The minimum Gasteiger partial charge on any atom is -0.493 e. The fourth-order valence-electron chi connectivity index (χ4n) is 3.74. The van der Waals surface area contributed by atoms with E-state index in [2.05, 4.69) is 46.7 Å². The Balaban J connectivity index is 1.40. The van der Waals surface area contributed by atoms with Crippen LogP contribution in [-0.4, -0.2) is 44.8 Å². The van der Waals surface area contributed by atoms with Crippen molar-refractivity contribution in [2.24, 2.45) is 5.92 Å². The highest BCUT2D eigenvalue weighted by molar-refractivity contribution is 5.89. The summed E-state index contributed by atoms with van der Waals surface area (Å²) in [4.78, 5) is 14.7. The Morgan fingerprint density at radius 1 is 1.07 bits per heavy atom. The number of piperidine rings is 1. The van der Waals surface area contributed by atoms with Gasteiger partial charge in [0.2, 0.25) is 0 Å². The van der Waals surface area contributed by atoms with Crippen molar-refractivity contribution in [3.8, 4) is 11.5 Å². The van der Waals surface area contributed by atoms with Gasteiger partial charge in [0, 0.05) is 24.8 Å². The van der Waals surface area contributed by atoms with Gasteiger partial charge in [-0.1, -0.05) is 29.8 Å². The highest BCUT2D eigenvalue weighted by Gasteiger charge is 2.20. The molecule has 2 aromatic carbocycles. The molecule has 1 heterocycles. The Bertz CT molecular complexity index is 817. The van der Waals surface area contributed by atoms with Gasteiger partial charge in [0.25, 0.3) is 0 Å². The molecule has 3 rings (SSSR count). The van der Waals surface area contributed by atoms with Crippen molar-refractivity contribution in [3.63, 3.8) is 0 Å². The molecular weight excluding hydrogens is 366 g/mol. The van der Waals surface area contributed by atoms with Crippen LogP contribution in [0, 0.1) is 12.8 Å². The molecule has 1 saturated heterocycles. The van der Waals surface area contributed by atoms with E-state index in [-0.39, 0.29) is 6.03 Å². The number of ether oxygens (including phenoxy) is 2. The summed E-state index contributed by atoms with van der Waals surface area (Å²) >= 11 is 0. The van der Waals surface area contributed by atoms with Crippen LogP contribution in [-0.2, 0) is 6.54 Å². The number of anilines is 1. The maximum Gasteiger partial charge on any atom is 0.319 e. The van der Waals surface area contributed by atoms with Crippen LogP contribution in [0.3, 0.4) is 0 Å². The van der Waals surface area contributed by atoms with Crippen molar-refractivity contribution >= 4 is 11.7 Å². The molecule has 29 heavy (non-hydrogen) atoms. The fraction of sp³-hybridized carbons (Fsp3) is 0.435. The van der Waals surface area contributed by atoms with Crippen molar-refractivity contribution in [3.05, 3.63) is 53.6 Å². The van der Waals surface area contributed by atoms with E-state index in [0.717, 1.165) is 32.5 Å². The molecule has 0 radical (unpaired) electrons. The molecule has 1 aliphatic rings. The lowest BCUT2D eigenvalue weighted by molar-refractivity contribution is 0.175. The minimum atomic E-state index is -0.195. The highest BCUT2D eigenvalue weighted by atomic mass is 16.5. The van der Waals surface area contributed by atoms with Crippen LogP contribution in [0.2, 0.25) is 0 Å². The van der Waals surface area contributed by atoms with E-state index in [0.29, 0.717) is 29.6 Å². The summed E-state index contributed by atoms with van der Waals surface area (Å²) in [5.41, 5.74) is 3.35. The largest absolute Gasteiger partial charge is 0.493 e. The van der Waals surface area contributed by atoms with Gasteiger partial charge in [-0.05, 0) is 56.5 Å². The van der Waals surface area contributed by atoms with Crippen molar-refractivity contribution in [2.75, 3.05) is 39.2 Å². The molecule has 2 amide bonds. The molecular formula is C23H31N3O3. The third-order valence-corrected chi connectivity index (χ3v) is 5.39. The number of urea groups is 1. The lowest BCUT2D eigenvalue weighted by Crippen LogP contribution is -2.39. The molecule has 0 bridgehead atoms. The van der Waals surface area contributed by atoms with Crippen LogP contribution in [0.1, 0.15) is 24.0 Å². The van der Waals surface area contributed by atoms with Crippen LogP contribution in [0.25, 0.3) is 0 Å². The van der Waals surface area contributed by atoms with Crippen LogP contribution in [0.4, 0.5) is 10.5 Å². The molecule has 2 N–H and O–H groups in total. The molecule has 6 heteroatoms. The monoisotopic (exact) mass is 397 g/mol. The molecule has 156 valence electrons. The molecule has 2 aromatic rings. The first-order valence-corrected chi connectivity index (χ1v) is 10.1. The van der Waals surface area contributed by atoms with E-state index in [1.165, 1.54) is 11.1 Å². The van der Waals surface area contributed by atoms with Gasteiger partial charge in [0.1, 0.15) is 0 Å². The number of nitrogens with one attached hydrogen (secondary N) is 2. The molecule has 6 nitrogen and oxygen atoms in total. The van der Waals surface area contributed by atoms with Crippen molar-refractivity contribution in [2.45, 2.75) is 26.3 Å². The maximum atomic E-state index is 12.2. The molecule has 0 spiro atoms. The molecule has 0 aliphatic carbocycles. The Morgan fingerprint density at radius 3 is 2.52 bits per heavy atom. The van der Waals surface area contributed by atoms with Gasteiger partial charge in [-0.2, -0.15) is 0 Å². The first kappa shape index (κ1) is 21.0. The van der Waals surface area contributed by atoms with E-state index in [1.807, 2.05) is 0 Å². The predicted octanol–water partition coefficient (Wildman–Crippen LogP) is 4.05. The number of hydrogen-bond donors (Lipinski definition) is 2. The second-order valence-corrected chi connectivity index (χ2v) is 7.61. The number of likely N-dealkylation sites (tertiary alicyclic amines) is 1. The van der Waals surface area contributed by atoms with Gasteiger partial charge in [-0.25, -0.2) is 4.79 Å². The zero-order chi connectivity index (χ0) is 20.6. The van der Waals surface area contributed by atoms with Crippen LogP contribution >= 0.6 is 0 Å². The zero-order valence-corrected chi connectivity index (χ0v) is 17.5. The van der Waals surface area contributed by atoms with E-state index in [1.54, 1.807) is 32.4 Å². The Morgan fingerprint density at radius 2 is 1.83 bits per heavy atom. The predicted molar refractivity (Wildman–Crippen MR) is 116 cm³/mol. The Labute approximate surface area is 173 Å². The number of rotatable bonds is 7. The number of nitrogens with zero attached hydrogens (tertiary/aromatic N) is 1. The second kappa shape index (κ2) is 10.2. The Kier molecular flexibility index (Phi) is 7.36. The summed E-state index contributed by atoms with van der Waals surface area (Å²) in [6.45, 7) is 5.96. The van der Waals surface area contributed by atoms with Gasteiger partial charge in [-0.15, -0.1) is 0 Å². The SMILES string of the molecule is COc1ccc(NC(=O)NCC2CCN(Cc3cccc(C)c3)CC2)cc1OC. The summed E-state index contributed by atoms with van der Waals surface area (Å²) in [6, 6.07) is 13.8. The number of methoxy groups -OCH3 is 2. The molecule has 1 fully saturated rings. The standard InChI is InChI=1S/C23H31N3O3/c1-17-5-4-6-19(13-17)16-26-11-9-18(10-12-26)15-24-23(27)25-20-7-8-21(28-2)22(14-20)29-3/h4-8,13-14,18H,9-12,15-16H2,1-3H3,(H2,24,25,27). The van der Waals surface area contributed by atoms with Crippen LogP contribution in [0.5, 0.6) is 11.5 Å². The molecule has 0 aromatic heterocycles. The Hall–Kier alpha value is -2.73. The topological polar surface area (TPSA) is 62.8 Å². The zero-order valence-electron chi connectivity index (χ0n) is 17.5. The van der Waals surface area contributed by atoms with Gasteiger partial charge < -0.3 is 20.1 Å². The molecule has 0 atom stereocenters. The number of hydrogen-bond acceptors (Lipinski definition) is 4. The van der Waals surface area contributed by atoms with Gasteiger partial charge >= 0.3 is 6.03 Å². The van der Waals surface area contributed by atoms with E-state index in [4.69, 9.17) is 9.47 Å². The van der Waals surface area contributed by atoms with Crippen molar-refractivity contribution in [1.82, 2.24) is 10.2 Å². The molecule has 0 saturated carbocycles. The average molecular weight is 398 g/mol. The summed E-state index contributed by atoms with van der Waals surface area (Å²) in [6.07, 6.45) is 2.20. The highest BCUT2D eigenvalue weighted by Crippen LogP contribution is 2.29. The molecule has 0 unspecified atom stereocenters. The van der Waals surface area contributed by atoms with E-state index >= 15 is 0 Å². The van der Waals surface area contributed by atoms with Gasteiger partial charge in [0.05, 0.1) is 14.2 Å². The summed E-state index contributed by atoms with van der Waals surface area (Å²) in [7, 11) is 3.16. The second-order valence-electron chi connectivity index (χ2n) is 7.61. The van der Waals surface area contributed by atoms with Crippen LogP contribution in [0.15, 0.2) is 42.5 Å². The van der Waals surface area contributed by atoms with Crippen molar-refractivity contribution in [1.29, 1.82) is 0 Å². The van der Waals surface area contributed by atoms with E-state index < -0.39 is 0 Å². The number of benzene rings is 2. The third kappa shape index (κ3) is 6.12. The average Bonchev–Trinajstić information content (AvgIpc) is 2.73. The van der Waals surface area contributed by atoms with Gasteiger partial charge in [0.15, 0.2) is 11.5 Å². The lowest BCUT2D eigenvalue weighted by atomic mass is 9.96.